The second-order valence-electron chi connectivity index (χ2n) is 6.26. The van der Waals surface area contributed by atoms with Crippen molar-refractivity contribution in [1.29, 1.82) is 0 Å². The van der Waals surface area contributed by atoms with Crippen LogP contribution in [0, 0.1) is 5.82 Å². The minimum Gasteiger partial charge on any atom is -0.489 e. The van der Waals surface area contributed by atoms with Crippen LogP contribution in [0.15, 0.2) is 53.5 Å². The average Bonchev–Trinajstić information content (AvgIpc) is 2.71. The van der Waals surface area contributed by atoms with E-state index in [1.165, 1.54) is 12.1 Å². The van der Waals surface area contributed by atoms with Gasteiger partial charge in [0.15, 0.2) is 5.96 Å². The molecule has 8 heteroatoms. The van der Waals surface area contributed by atoms with Gasteiger partial charge in [-0.3, -0.25) is 4.79 Å². The maximum absolute atomic E-state index is 12.9. The smallest absolute Gasteiger partial charge is 0.252 e. The average molecular weight is 421 g/mol. The molecule has 2 aromatic carbocycles. The number of halogens is 2. The van der Waals surface area contributed by atoms with Crippen molar-refractivity contribution in [3.05, 3.63) is 64.9 Å². The molecule has 0 bridgehead atoms. The van der Waals surface area contributed by atoms with Crippen molar-refractivity contribution in [2.45, 2.75) is 20.0 Å². The first-order valence-corrected chi connectivity index (χ1v) is 9.84. The number of amides is 1. The van der Waals surface area contributed by atoms with Crippen molar-refractivity contribution in [3.8, 4) is 5.75 Å². The fourth-order valence-electron chi connectivity index (χ4n) is 2.44. The van der Waals surface area contributed by atoms with E-state index in [1.54, 1.807) is 36.4 Å². The largest absolute Gasteiger partial charge is 0.489 e. The van der Waals surface area contributed by atoms with E-state index in [9.17, 15) is 9.18 Å². The molecule has 0 spiro atoms. The first-order chi connectivity index (χ1) is 14.0. The maximum atomic E-state index is 12.9. The second-order valence-corrected chi connectivity index (χ2v) is 6.67. The topological polar surface area (TPSA) is 74.8 Å². The zero-order chi connectivity index (χ0) is 21.1. The van der Waals surface area contributed by atoms with Gasteiger partial charge in [-0.05, 0) is 50.2 Å². The molecule has 0 aliphatic rings. The van der Waals surface area contributed by atoms with Crippen molar-refractivity contribution in [2.75, 3.05) is 26.2 Å². The molecule has 0 aliphatic carbocycles. The minimum absolute atomic E-state index is 0.184. The number of aliphatic imine (C=N–C) groups is 1. The Balaban J connectivity index is 1.77. The van der Waals surface area contributed by atoms with E-state index in [4.69, 9.17) is 16.3 Å². The predicted octanol–water partition coefficient (Wildman–Crippen LogP) is 3.23. The van der Waals surface area contributed by atoms with Crippen molar-refractivity contribution in [3.63, 3.8) is 0 Å². The predicted molar refractivity (Wildman–Crippen MR) is 114 cm³/mol. The van der Waals surface area contributed by atoms with Crippen LogP contribution in [0.25, 0.3) is 0 Å². The van der Waals surface area contributed by atoms with Crippen LogP contribution < -0.4 is 20.7 Å². The Labute approximate surface area is 175 Å². The van der Waals surface area contributed by atoms with Gasteiger partial charge in [0.2, 0.25) is 0 Å². The van der Waals surface area contributed by atoms with Crippen LogP contribution in [0.4, 0.5) is 4.39 Å². The highest BCUT2D eigenvalue weighted by atomic mass is 35.5. The highest BCUT2D eigenvalue weighted by molar-refractivity contribution is 6.33. The molecule has 0 radical (unpaired) electrons. The van der Waals surface area contributed by atoms with Crippen molar-refractivity contribution in [2.24, 2.45) is 4.99 Å². The highest BCUT2D eigenvalue weighted by Gasteiger charge is 2.09. The van der Waals surface area contributed by atoms with Gasteiger partial charge in [-0.1, -0.05) is 23.7 Å². The molecule has 6 nitrogen and oxygen atoms in total. The summed E-state index contributed by atoms with van der Waals surface area (Å²) in [4.78, 5) is 16.6. The third-order valence-corrected chi connectivity index (χ3v) is 4.15. The zero-order valence-corrected chi connectivity index (χ0v) is 17.3. The lowest BCUT2D eigenvalue weighted by atomic mass is 10.2. The standard InChI is InChI=1S/C21H26ClFN4O2/c1-3-24-21(27-14-15(2)29-17-10-8-16(23)9-11-17)26-13-12-25-20(28)18-6-4-5-7-19(18)22/h4-11,15H,3,12-14H2,1-2H3,(H,25,28)(H2,24,26,27). The molecule has 0 heterocycles. The van der Waals surface area contributed by atoms with Crippen molar-refractivity contribution < 1.29 is 13.9 Å². The van der Waals surface area contributed by atoms with Gasteiger partial charge in [0.05, 0.1) is 17.1 Å². The van der Waals surface area contributed by atoms with Crippen molar-refractivity contribution >= 4 is 23.5 Å². The Morgan fingerprint density at radius 2 is 1.79 bits per heavy atom. The molecule has 3 N–H and O–H groups in total. The van der Waals surface area contributed by atoms with Crippen LogP contribution in [0.1, 0.15) is 24.2 Å². The Bertz CT molecular complexity index is 815. The lowest BCUT2D eigenvalue weighted by Crippen LogP contribution is -2.42. The summed E-state index contributed by atoms with van der Waals surface area (Å²) < 4.78 is 18.7. The Hall–Kier alpha value is -2.80. The van der Waals surface area contributed by atoms with Crippen LogP contribution in [-0.2, 0) is 0 Å². The normalized spacial score (nSPS) is 12.2. The summed E-state index contributed by atoms with van der Waals surface area (Å²) in [6.45, 7) is 5.88. The van der Waals surface area contributed by atoms with Crippen LogP contribution in [0.3, 0.4) is 0 Å². The number of hydrogen-bond donors (Lipinski definition) is 3. The third-order valence-electron chi connectivity index (χ3n) is 3.82. The highest BCUT2D eigenvalue weighted by Crippen LogP contribution is 2.14. The van der Waals surface area contributed by atoms with Gasteiger partial charge < -0.3 is 20.7 Å². The number of carbonyl (C=O) groups excluding carboxylic acids is 1. The molecule has 1 amide bonds. The molecule has 0 fully saturated rings. The Morgan fingerprint density at radius 1 is 1.10 bits per heavy atom. The first kappa shape index (κ1) is 22.5. The number of guanidine groups is 1. The molecule has 1 unspecified atom stereocenters. The number of nitrogens with zero attached hydrogens (tertiary/aromatic N) is 1. The van der Waals surface area contributed by atoms with E-state index in [0.29, 0.717) is 48.5 Å². The quantitative estimate of drug-likeness (QED) is 0.331. The van der Waals surface area contributed by atoms with Gasteiger partial charge in [0, 0.05) is 19.6 Å². The van der Waals surface area contributed by atoms with Crippen LogP contribution in [0.2, 0.25) is 5.02 Å². The van der Waals surface area contributed by atoms with E-state index in [0.717, 1.165) is 0 Å². The molecule has 29 heavy (non-hydrogen) atoms. The van der Waals surface area contributed by atoms with Crippen LogP contribution in [0.5, 0.6) is 5.75 Å². The number of hydrogen-bond acceptors (Lipinski definition) is 3. The molecule has 0 saturated heterocycles. The molecule has 1 atom stereocenters. The SMILES string of the molecule is CCNC(=NCC(C)Oc1ccc(F)cc1)NCCNC(=O)c1ccccc1Cl. The number of carbonyl (C=O) groups is 1. The van der Waals surface area contributed by atoms with Gasteiger partial charge in [-0.25, -0.2) is 9.38 Å². The molecular formula is C21H26ClFN4O2. The Morgan fingerprint density at radius 3 is 2.48 bits per heavy atom. The summed E-state index contributed by atoms with van der Waals surface area (Å²) in [5.41, 5.74) is 0.446. The zero-order valence-electron chi connectivity index (χ0n) is 16.5. The summed E-state index contributed by atoms with van der Waals surface area (Å²) in [5.74, 6) is 0.687. The van der Waals surface area contributed by atoms with Crippen LogP contribution >= 0.6 is 11.6 Å². The molecule has 0 aromatic heterocycles. The van der Waals surface area contributed by atoms with Gasteiger partial charge in [0.1, 0.15) is 17.7 Å². The number of rotatable bonds is 9. The summed E-state index contributed by atoms with van der Waals surface area (Å²) in [6, 6.07) is 12.8. The van der Waals surface area contributed by atoms with E-state index in [2.05, 4.69) is 20.9 Å². The summed E-state index contributed by atoms with van der Waals surface area (Å²) >= 11 is 6.02. The monoisotopic (exact) mass is 420 g/mol. The lowest BCUT2D eigenvalue weighted by Gasteiger charge is -2.15. The van der Waals surface area contributed by atoms with Gasteiger partial charge in [-0.15, -0.1) is 0 Å². The summed E-state index contributed by atoms with van der Waals surface area (Å²) in [5, 5.41) is 9.53. The molecule has 156 valence electrons. The number of benzene rings is 2. The van der Waals surface area contributed by atoms with Crippen LogP contribution in [-0.4, -0.2) is 44.1 Å². The maximum Gasteiger partial charge on any atom is 0.252 e. The molecule has 2 aromatic rings. The van der Waals surface area contributed by atoms with Crippen molar-refractivity contribution in [1.82, 2.24) is 16.0 Å². The first-order valence-electron chi connectivity index (χ1n) is 9.46. The fourth-order valence-corrected chi connectivity index (χ4v) is 2.66. The molecular weight excluding hydrogens is 395 g/mol. The fraction of sp³-hybridized carbons (Fsp3) is 0.333. The Kier molecular flexibility index (Phi) is 9.24. The summed E-state index contributed by atoms with van der Waals surface area (Å²) in [7, 11) is 0. The third kappa shape index (κ3) is 7.99. The molecule has 0 saturated carbocycles. The van der Waals surface area contributed by atoms with E-state index in [1.807, 2.05) is 13.8 Å². The van der Waals surface area contributed by atoms with E-state index >= 15 is 0 Å². The minimum atomic E-state index is -0.303. The van der Waals surface area contributed by atoms with Gasteiger partial charge >= 0.3 is 0 Å². The van der Waals surface area contributed by atoms with Gasteiger partial charge in [-0.2, -0.15) is 0 Å². The second kappa shape index (κ2) is 11.9. The summed E-state index contributed by atoms with van der Waals surface area (Å²) in [6.07, 6.45) is -0.184. The molecule has 2 rings (SSSR count). The number of nitrogens with one attached hydrogen (secondary N) is 3. The van der Waals surface area contributed by atoms with E-state index in [-0.39, 0.29) is 17.8 Å². The lowest BCUT2D eigenvalue weighted by molar-refractivity contribution is 0.0954. The molecule has 0 aliphatic heterocycles. The van der Waals surface area contributed by atoms with E-state index < -0.39 is 0 Å². The van der Waals surface area contributed by atoms with Gasteiger partial charge in [0.25, 0.3) is 5.91 Å². The number of ether oxygens (including phenoxy) is 1.